The Balaban J connectivity index is 2.13. The molecular weight excluding hydrogens is 338 g/mol. The van der Waals surface area contributed by atoms with Crippen molar-refractivity contribution in [3.8, 4) is 16.8 Å². The Kier molecular flexibility index (Phi) is 4.26. The molecular formula is C22H17N3O2. The zero-order chi connectivity index (χ0) is 18.8. The zero-order valence-corrected chi connectivity index (χ0v) is 14.6. The standard InChI is InChI=1S/C22H17N3O2/c1-2-9-16-14-18(15-10-5-3-6-11-15)19-20(23-16)24-22(27)25(21(19)26)17-12-7-4-8-13-17/h2-8,10-14H,1,9H2,(H,23,24,27). The summed E-state index contributed by atoms with van der Waals surface area (Å²) in [6.45, 7) is 3.75. The molecule has 2 heterocycles. The lowest BCUT2D eigenvalue weighted by Crippen LogP contribution is -2.34. The molecule has 0 aliphatic carbocycles. The van der Waals surface area contributed by atoms with Crippen molar-refractivity contribution in [2.24, 2.45) is 0 Å². The molecule has 132 valence electrons. The second-order valence-electron chi connectivity index (χ2n) is 6.15. The summed E-state index contributed by atoms with van der Waals surface area (Å²) in [6, 6.07) is 20.4. The van der Waals surface area contributed by atoms with E-state index >= 15 is 0 Å². The van der Waals surface area contributed by atoms with Gasteiger partial charge in [-0.25, -0.2) is 14.3 Å². The van der Waals surface area contributed by atoms with Crippen LogP contribution in [0.5, 0.6) is 0 Å². The molecule has 0 fully saturated rings. The molecule has 5 nitrogen and oxygen atoms in total. The summed E-state index contributed by atoms with van der Waals surface area (Å²) in [5.74, 6) is 0. The van der Waals surface area contributed by atoms with E-state index in [1.807, 2.05) is 42.5 Å². The summed E-state index contributed by atoms with van der Waals surface area (Å²) in [6.07, 6.45) is 2.28. The number of aromatic amines is 1. The number of para-hydroxylation sites is 1. The van der Waals surface area contributed by atoms with Gasteiger partial charge in [0.05, 0.1) is 11.1 Å². The van der Waals surface area contributed by atoms with Gasteiger partial charge in [0.2, 0.25) is 0 Å². The number of H-pyrrole nitrogens is 1. The van der Waals surface area contributed by atoms with E-state index in [-0.39, 0.29) is 5.65 Å². The van der Waals surface area contributed by atoms with Gasteiger partial charge in [-0.05, 0) is 23.8 Å². The van der Waals surface area contributed by atoms with E-state index in [4.69, 9.17) is 0 Å². The van der Waals surface area contributed by atoms with Crippen LogP contribution < -0.4 is 11.2 Å². The number of nitrogens with zero attached hydrogens (tertiary/aromatic N) is 2. The van der Waals surface area contributed by atoms with Crippen molar-refractivity contribution in [3.05, 3.63) is 106 Å². The van der Waals surface area contributed by atoms with Crippen LogP contribution in [-0.2, 0) is 6.42 Å². The number of benzene rings is 2. The first-order valence-electron chi connectivity index (χ1n) is 8.60. The summed E-state index contributed by atoms with van der Waals surface area (Å²) < 4.78 is 1.14. The number of hydrogen-bond donors (Lipinski definition) is 1. The molecule has 2 aromatic carbocycles. The van der Waals surface area contributed by atoms with Gasteiger partial charge in [0.1, 0.15) is 5.65 Å². The Hall–Kier alpha value is -3.73. The van der Waals surface area contributed by atoms with Gasteiger partial charge in [-0.1, -0.05) is 54.6 Å². The quantitative estimate of drug-likeness (QED) is 0.570. The van der Waals surface area contributed by atoms with Crippen molar-refractivity contribution in [1.82, 2.24) is 14.5 Å². The number of nitrogens with one attached hydrogen (secondary N) is 1. The smallest absolute Gasteiger partial charge is 0.291 e. The molecule has 4 rings (SSSR count). The molecule has 1 N–H and O–H groups in total. The Bertz CT molecular complexity index is 1240. The number of pyridine rings is 1. The summed E-state index contributed by atoms with van der Waals surface area (Å²) in [5.41, 5.74) is 2.26. The van der Waals surface area contributed by atoms with Gasteiger partial charge in [0.15, 0.2) is 0 Å². The summed E-state index contributed by atoms with van der Waals surface area (Å²) in [4.78, 5) is 33.2. The van der Waals surface area contributed by atoms with E-state index in [9.17, 15) is 9.59 Å². The van der Waals surface area contributed by atoms with Crippen LogP contribution >= 0.6 is 0 Å². The molecule has 2 aromatic heterocycles. The maximum atomic E-state index is 13.3. The van der Waals surface area contributed by atoms with Crippen LogP contribution in [0.15, 0.2) is 89.0 Å². The average molecular weight is 355 g/mol. The van der Waals surface area contributed by atoms with Crippen molar-refractivity contribution in [2.75, 3.05) is 0 Å². The molecule has 0 saturated carbocycles. The number of allylic oxidation sites excluding steroid dienone is 1. The minimum absolute atomic E-state index is 0.287. The molecule has 4 aromatic rings. The Morgan fingerprint density at radius 3 is 2.33 bits per heavy atom. The molecule has 0 unspecified atom stereocenters. The highest BCUT2D eigenvalue weighted by Gasteiger charge is 2.16. The van der Waals surface area contributed by atoms with E-state index in [2.05, 4.69) is 16.5 Å². The lowest BCUT2D eigenvalue weighted by molar-refractivity contribution is 0.893. The van der Waals surface area contributed by atoms with Gasteiger partial charge < -0.3 is 0 Å². The highest BCUT2D eigenvalue weighted by Crippen LogP contribution is 2.25. The molecule has 0 bridgehead atoms. The number of rotatable bonds is 4. The first kappa shape index (κ1) is 16.7. The highest BCUT2D eigenvalue weighted by atomic mass is 16.2. The SMILES string of the molecule is C=CCc1cc(-c2ccccc2)c2c(=O)n(-c3ccccc3)c(=O)[nH]c2n1. The topological polar surface area (TPSA) is 67.8 Å². The van der Waals surface area contributed by atoms with Crippen LogP contribution in [0, 0.1) is 0 Å². The number of aromatic nitrogens is 3. The molecule has 0 amide bonds. The molecule has 27 heavy (non-hydrogen) atoms. The third-order valence-electron chi connectivity index (χ3n) is 4.37. The summed E-state index contributed by atoms with van der Waals surface area (Å²) in [5, 5.41) is 0.387. The fourth-order valence-electron chi connectivity index (χ4n) is 3.18. The maximum Gasteiger partial charge on any atom is 0.334 e. The Morgan fingerprint density at radius 1 is 1.00 bits per heavy atom. The van der Waals surface area contributed by atoms with E-state index in [1.165, 1.54) is 0 Å². The number of fused-ring (bicyclic) bond motifs is 1. The molecule has 0 atom stereocenters. The predicted molar refractivity (Wildman–Crippen MR) is 107 cm³/mol. The van der Waals surface area contributed by atoms with E-state index in [0.717, 1.165) is 21.4 Å². The van der Waals surface area contributed by atoms with Gasteiger partial charge in [-0.15, -0.1) is 6.58 Å². The monoisotopic (exact) mass is 355 g/mol. The van der Waals surface area contributed by atoms with Crippen LogP contribution in [0.3, 0.4) is 0 Å². The minimum atomic E-state index is -0.513. The van der Waals surface area contributed by atoms with E-state index in [0.29, 0.717) is 17.5 Å². The van der Waals surface area contributed by atoms with Crippen LogP contribution in [-0.4, -0.2) is 14.5 Å². The first-order chi connectivity index (χ1) is 13.2. The molecule has 0 aliphatic rings. The largest absolute Gasteiger partial charge is 0.334 e. The maximum absolute atomic E-state index is 13.3. The summed E-state index contributed by atoms with van der Waals surface area (Å²) >= 11 is 0. The fraction of sp³-hybridized carbons (Fsp3) is 0.0455. The van der Waals surface area contributed by atoms with Gasteiger partial charge in [0, 0.05) is 17.7 Å². The normalized spacial score (nSPS) is 10.8. The molecule has 0 spiro atoms. The van der Waals surface area contributed by atoms with Gasteiger partial charge >= 0.3 is 5.69 Å². The first-order valence-corrected chi connectivity index (χ1v) is 8.60. The van der Waals surface area contributed by atoms with Crippen molar-refractivity contribution in [1.29, 1.82) is 0 Å². The third kappa shape index (κ3) is 3.00. The average Bonchev–Trinajstić information content (AvgIpc) is 2.69. The zero-order valence-electron chi connectivity index (χ0n) is 14.6. The van der Waals surface area contributed by atoms with E-state index < -0.39 is 11.2 Å². The molecule has 0 saturated heterocycles. The van der Waals surface area contributed by atoms with Crippen LogP contribution in [0.25, 0.3) is 27.8 Å². The minimum Gasteiger partial charge on any atom is -0.291 e. The van der Waals surface area contributed by atoms with Crippen LogP contribution in [0.4, 0.5) is 0 Å². The van der Waals surface area contributed by atoms with E-state index in [1.54, 1.807) is 30.3 Å². The van der Waals surface area contributed by atoms with Crippen LogP contribution in [0.2, 0.25) is 0 Å². The molecule has 0 radical (unpaired) electrons. The van der Waals surface area contributed by atoms with Crippen molar-refractivity contribution in [3.63, 3.8) is 0 Å². The lowest BCUT2D eigenvalue weighted by Gasteiger charge is -2.11. The number of hydrogen-bond acceptors (Lipinski definition) is 3. The Labute approximate surface area is 155 Å². The second kappa shape index (κ2) is 6.88. The van der Waals surface area contributed by atoms with Gasteiger partial charge in [-0.2, -0.15) is 0 Å². The van der Waals surface area contributed by atoms with Crippen molar-refractivity contribution in [2.45, 2.75) is 6.42 Å². The predicted octanol–water partition coefficient (Wildman–Crippen LogP) is 3.47. The second-order valence-corrected chi connectivity index (χ2v) is 6.15. The third-order valence-corrected chi connectivity index (χ3v) is 4.37. The highest BCUT2D eigenvalue weighted by molar-refractivity contribution is 5.92. The Morgan fingerprint density at radius 2 is 1.67 bits per heavy atom. The van der Waals surface area contributed by atoms with Crippen LogP contribution in [0.1, 0.15) is 5.69 Å². The fourth-order valence-corrected chi connectivity index (χ4v) is 3.18. The van der Waals surface area contributed by atoms with Crippen molar-refractivity contribution >= 4 is 11.0 Å². The van der Waals surface area contributed by atoms with Crippen molar-refractivity contribution < 1.29 is 0 Å². The lowest BCUT2D eigenvalue weighted by atomic mass is 10.0. The van der Waals surface area contributed by atoms with Gasteiger partial charge in [0.25, 0.3) is 5.56 Å². The molecule has 0 aliphatic heterocycles. The molecule has 5 heteroatoms. The van der Waals surface area contributed by atoms with Gasteiger partial charge in [-0.3, -0.25) is 9.78 Å². The summed E-state index contributed by atoms with van der Waals surface area (Å²) in [7, 11) is 0.